The predicted octanol–water partition coefficient (Wildman–Crippen LogP) is 4.88. The number of aryl methyl sites for hydroxylation is 1. The smallest absolute Gasteiger partial charge is 0.122 e. The molecule has 1 unspecified atom stereocenters. The summed E-state index contributed by atoms with van der Waals surface area (Å²) in [7, 11) is 0. The Labute approximate surface area is 143 Å². The summed E-state index contributed by atoms with van der Waals surface area (Å²) in [6.07, 6.45) is 2.43. The fourth-order valence-corrected chi connectivity index (χ4v) is 3.57. The molecule has 0 saturated heterocycles. The van der Waals surface area contributed by atoms with E-state index in [2.05, 4.69) is 72.9 Å². The fraction of sp³-hybridized carbons (Fsp3) is 0.273. The SMILES string of the molecule is CC(NC[C@H]1CCc2ccccc2O1)c1cccc2ccccc12. The molecule has 4 rings (SSSR count). The maximum Gasteiger partial charge on any atom is 0.122 e. The van der Waals surface area contributed by atoms with Crippen LogP contribution in [-0.4, -0.2) is 12.6 Å². The van der Waals surface area contributed by atoms with E-state index < -0.39 is 0 Å². The first kappa shape index (κ1) is 15.2. The van der Waals surface area contributed by atoms with E-state index in [0.717, 1.165) is 25.1 Å². The summed E-state index contributed by atoms with van der Waals surface area (Å²) < 4.78 is 6.14. The molecule has 1 N–H and O–H groups in total. The van der Waals surface area contributed by atoms with E-state index in [9.17, 15) is 0 Å². The highest BCUT2D eigenvalue weighted by Crippen LogP contribution is 2.28. The number of hydrogen-bond acceptors (Lipinski definition) is 2. The van der Waals surface area contributed by atoms with Gasteiger partial charge in [0.2, 0.25) is 0 Å². The third kappa shape index (κ3) is 3.02. The number of fused-ring (bicyclic) bond motifs is 2. The van der Waals surface area contributed by atoms with Gasteiger partial charge in [0.05, 0.1) is 0 Å². The zero-order chi connectivity index (χ0) is 16.4. The van der Waals surface area contributed by atoms with E-state index in [-0.39, 0.29) is 6.10 Å². The van der Waals surface area contributed by atoms with Crippen molar-refractivity contribution < 1.29 is 4.74 Å². The maximum absolute atomic E-state index is 6.14. The first-order valence-corrected chi connectivity index (χ1v) is 8.77. The molecule has 3 aromatic rings. The molecule has 0 aliphatic carbocycles. The van der Waals surface area contributed by atoms with Gasteiger partial charge in [-0.15, -0.1) is 0 Å². The van der Waals surface area contributed by atoms with Gasteiger partial charge < -0.3 is 10.1 Å². The Morgan fingerprint density at radius 2 is 1.79 bits per heavy atom. The molecular weight excluding hydrogens is 294 g/mol. The van der Waals surface area contributed by atoms with E-state index in [0.29, 0.717) is 6.04 Å². The Morgan fingerprint density at radius 3 is 2.75 bits per heavy atom. The van der Waals surface area contributed by atoms with Gasteiger partial charge in [-0.2, -0.15) is 0 Å². The summed E-state index contributed by atoms with van der Waals surface area (Å²) in [6.45, 7) is 3.11. The lowest BCUT2D eigenvalue weighted by atomic mass is 9.99. The molecule has 1 aliphatic rings. The van der Waals surface area contributed by atoms with Crippen molar-refractivity contribution >= 4 is 10.8 Å². The van der Waals surface area contributed by atoms with Gasteiger partial charge in [-0.25, -0.2) is 0 Å². The summed E-state index contributed by atoms with van der Waals surface area (Å²) in [5, 5.41) is 6.29. The number of hydrogen-bond donors (Lipinski definition) is 1. The molecular formula is C22H23NO. The highest BCUT2D eigenvalue weighted by Gasteiger charge is 2.20. The number of nitrogens with one attached hydrogen (secondary N) is 1. The zero-order valence-electron chi connectivity index (χ0n) is 14.0. The summed E-state index contributed by atoms with van der Waals surface area (Å²) >= 11 is 0. The number of ether oxygens (including phenoxy) is 1. The van der Waals surface area contributed by atoms with Crippen LogP contribution in [0.4, 0.5) is 0 Å². The van der Waals surface area contributed by atoms with Crippen LogP contribution in [0.1, 0.15) is 30.5 Å². The third-order valence-corrected chi connectivity index (χ3v) is 4.94. The molecule has 0 radical (unpaired) electrons. The minimum atomic E-state index is 0.248. The molecule has 0 amide bonds. The van der Waals surface area contributed by atoms with Crippen LogP contribution in [0.5, 0.6) is 5.75 Å². The molecule has 0 aromatic heterocycles. The van der Waals surface area contributed by atoms with Crippen LogP contribution in [0, 0.1) is 0 Å². The van der Waals surface area contributed by atoms with Crippen molar-refractivity contribution in [3.8, 4) is 5.75 Å². The van der Waals surface area contributed by atoms with Crippen LogP contribution in [-0.2, 0) is 6.42 Å². The van der Waals surface area contributed by atoms with Crippen LogP contribution in [0.3, 0.4) is 0 Å². The Kier molecular flexibility index (Phi) is 4.22. The molecule has 1 heterocycles. The van der Waals surface area contributed by atoms with Crippen molar-refractivity contribution in [3.05, 3.63) is 77.9 Å². The minimum Gasteiger partial charge on any atom is -0.489 e. The van der Waals surface area contributed by atoms with E-state index in [1.54, 1.807) is 0 Å². The second kappa shape index (κ2) is 6.66. The largest absolute Gasteiger partial charge is 0.489 e. The topological polar surface area (TPSA) is 21.3 Å². The van der Waals surface area contributed by atoms with E-state index in [1.807, 2.05) is 6.07 Å². The highest BCUT2D eigenvalue weighted by atomic mass is 16.5. The van der Waals surface area contributed by atoms with E-state index in [4.69, 9.17) is 4.74 Å². The molecule has 2 heteroatoms. The third-order valence-electron chi connectivity index (χ3n) is 4.94. The minimum absolute atomic E-state index is 0.248. The van der Waals surface area contributed by atoms with Crippen molar-refractivity contribution in [1.82, 2.24) is 5.32 Å². The Bertz CT molecular complexity index is 837. The van der Waals surface area contributed by atoms with Gasteiger partial charge in [0.1, 0.15) is 11.9 Å². The maximum atomic E-state index is 6.14. The molecule has 0 spiro atoms. The molecule has 3 aromatic carbocycles. The molecule has 0 fully saturated rings. The van der Waals surface area contributed by atoms with E-state index >= 15 is 0 Å². The molecule has 0 bridgehead atoms. The first-order chi connectivity index (χ1) is 11.8. The average molecular weight is 317 g/mol. The Balaban J connectivity index is 1.44. The lowest BCUT2D eigenvalue weighted by Gasteiger charge is -2.27. The van der Waals surface area contributed by atoms with Crippen LogP contribution < -0.4 is 10.1 Å². The highest BCUT2D eigenvalue weighted by molar-refractivity contribution is 5.86. The number of benzene rings is 3. The van der Waals surface area contributed by atoms with Crippen molar-refractivity contribution in [2.45, 2.75) is 31.9 Å². The van der Waals surface area contributed by atoms with Gasteiger partial charge >= 0.3 is 0 Å². The summed E-state index contributed by atoms with van der Waals surface area (Å²) in [6, 6.07) is 23.8. The van der Waals surface area contributed by atoms with Crippen LogP contribution >= 0.6 is 0 Å². The van der Waals surface area contributed by atoms with Gasteiger partial charge in [0.25, 0.3) is 0 Å². The van der Waals surface area contributed by atoms with Crippen molar-refractivity contribution in [3.63, 3.8) is 0 Å². The van der Waals surface area contributed by atoms with Crippen molar-refractivity contribution in [1.29, 1.82) is 0 Å². The standard InChI is InChI=1S/C22H23NO/c1-16(20-11-6-9-17-7-2-4-10-21(17)20)23-15-19-14-13-18-8-3-5-12-22(18)24-19/h2-12,16,19,23H,13-15H2,1H3/t16?,19-/m1/s1. The zero-order valence-corrected chi connectivity index (χ0v) is 14.0. The monoisotopic (exact) mass is 317 g/mol. The second-order valence-electron chi connectivity index (χ2n) is 6.58. The lowest BCUT2D eigenvalue weighted by molar-refractivity contribution is 0.167. The van der Waals surface area contributed by atoms with Gasteiger partial charge in [0, 0.05) is 12.6 Å². The Hall–Kier alpha value is -2.32. The predicted molar refractivity (Wildman–Crippen MR) is 99.5 cm³/mol. The van der Waals surface area contributed by atoms with Crippen LogP contribution in [0.2, 0.25) is 0 Å². The van der Waals surface area contributed by atoms with Gasteiger partial charge in [-0.3, -0.25) is 0 Å². The molecule has 2 nitrogen and oxygen atoms in total. The lowest BCUT2D eigenvalue weighted by Crippen LogP contribution is -2.35. The summed E-state index contributed by atoms with van der Waals surface area (Å²) in [5.74, 6) is 1.05. The summed E-state index contributed by atoms with van der Waals surface area (Å²) in [4.78, 5) is 0. The Morgan fingerprint density at radius 1 is 1.00 bits per heavy atom. The molecule has 0 saturated carbocycles. The molecule has 122 valence electrons. The fourth-order valence-electron chi connectivity index (χ4n) is 3.57. The number of para-hydroxylation sites is 1. The summed E-state index contributed by atoms with van der Waals surface area (Å²) in [5.41, 5.74) is 2.68. The number of rotatable bonds is 4. The van der Waals surface area contributed by atoms with Crippen molar-refractivity contribution in [2.75, 3.05) is 6.54 Å². The normalized spacial score (nSPS) is 18.0. The van der Waals surface area contributed by atoms with Gasteiger partial charge in [0.15, 0.2) is 0 Å². The van der Waals surface area contributed by atoms with E-state index in [1.165, 1.54) is 21.9 Å². The van der Waals surface area contributed by atoms with Gasteiger partial charge in [-0.05, 0) is 47.7 Å². The molecule has 24 heavy (non-hydrogen) atoms. The second-order valence-corrected chi connectivity index (χ2v) is 6.58. The average Bonchev–Trinajstić information content (AvgIpc) is 2.65. The van der Waals surface area contributed by atoms with Crippen LogP contribution in [0.15, 0.2) is 66.7 Å². The van der Waals surface area contributed by atoms with Gasteiger partial charge in [-0.1, -0.05) is 60.7 Å². The first-order valence-electron chi connectivity index (χ1n) is 8.77. The molecule has 2 atom stereocenters. The van der Waals surface area contributed by atoms with Crippen LogP contribution in [0.25, 0.3) is 10.8 Å². The molecule has 1 aliphatic heterocycles. The van der Waals surface area contributed by atoms with Crippen molar-refractivity contribution in [2.24, 2.45) is 0 Å². The quantitative estimate of drug-likeness (QED) is 0.740.